The summed E-state index contributed by atoms with van der Waals surface area (Å²) < 4.78 is 65.4. The van der Waals surface area contributed by atoms with Crippen LogP contribution in [0, 0.1) is 10.8 Å². The summed E-state index contributed by atoms with van der Waals surface area (Å²) in [6.45, 7) is 19.9. The minimum atomic E-state index is -5.15. The van der Waals surface area contributed by atoms with Crippen LogP contribution in [0.2, 0.25) is 0 Å². The lowest BCUT2D eigenvalue weighted by atomic mass is 9.75. The van der Waals surface area contributed by atoms with Crippen LogP contribution in [0.15, 0.2) is 90.4 Å². The molecule has 24 nitrogen and oxygen atoms in total. The van der Waals surface area contributed by atoms with E-state index in [0.717, 1.165) is 16.5 Å². The Balaban J connectivity index is 0.931. The third-order valence-electron chi connectivity index (χ3n) is 14.6. The second-order valence-corrected chi connectivity index (χ2v) is 23.1. The number of hydrogen-bond donors (Lipinski definition) is 3. The van der Waals surface area contributed by atoms with Crippen LogP contribution in [0.4, 0.5) is 0 Å². The minimum Gasteiger partial charge on any atom is -0.479 e. The molecule has 4 aliphatic heterocycles. The Bertz CT molecular complexity index is 3640. The summed E-state index contributed by atoms with van der Waals surface area (Å²) in [6.07, 6.45) is -1.22. The molecule has 7 heterocycles. The molecular weight excluding hydrogens is 1070 g/mol. The van der Waals surface area contributed by atoms with Crippen LogP contribution >= 0.6 is 0 Å². The van der Waals surface area contributed by atoms with Crippen molar-refractivity contribution in [3.63, 3.8) is 0 Å². The monoisotopic (exact) mass is 1140 g/mol. The Kier molecular flexibility index (Phi) is 15.5. The lowest BCUT2D eigenvalue weighted by Gasteiger charge is -2.36. The topological polar surface area (TPSA) is 308 Å². The Hall–Kier alpha value is -8.10. The van der Waals surface area contributed by atoms with E-state index in [9.17, 15) is 52.5 Å². The highest BCUT2D eigenvalue weighted by Gasteiger charge is 2.46. The van der Waals surface area contributed by atoms with E-state index in [-0.39, 0.29) is 61.9 Å². The first kappa shape index (κ1) is 57.6. The van der Waals surface area contributed by atoms with E-state index in [4.69, 9.17) is 32.3 Å². The summed E-state index contributed by atoms with van der Waals surface area (Å²) in [4.78, 5) is 84.8. The molecule has 0 aliphatic carbocycles. The van der Waals surface area contributed by atoms with Gasteiger partial charge in [-0.1, -0.05) is 59.4 Å². The second kappa shape index (κ2) is 21.8. The van der Waals surface area contributed by atoms with Crippen molar-refractivity contribution in [2.75, 3.05) is 26.8 Å². The molecule has 25 heteroatoms. The average molecular weight is 1140 g/mol. The standard InChI is InChI=1S/C56H61N7O17S/c1-10-34-35-20-33(14-15-39(35)57-45-36(34)24-62-40(45)21-38-37(50(62)69)25-76-53(72)56(38,11-2)12-3)79-81(73,74)80-42-19-31(13-16-41(42)77-52-30(4)46(66)47(67)48(78-52)51(70)71)49(68)60(9)26-54(5,6)28-75-29-55(7,8)27-61-22-32(58-59-61)23-63-43(64)17-18-44(63)65/h11,13-22,46-48,52,66-67H,2,4,10,12,23-29H2,1,3,5-9H3,(H,70,71)/t46-,47+,48+,52-,56+/m1/s1. The maximum absolute atomic E-state index is 14.2. The average Bonchev–Trinajstić information content (AvgIpc) is 4.12. The first-order chi connectivity index (χ1) is 38.2. The summed E-state index contributed by atoms with van der Waals surface area (Å²) >= 11 is 0. The fourth-order valence-electron chi connectivity index (χ4n) is 10.6. The zero-order valence-electron chi connectivity index (χ0n) is 45.5. The van der Waals surface area contributed by atoms with Crippen LogP contribution in [0.1, 0.15) is 86.3 Å². The number of nitrogens with zero attached hydrogens (tertiary/aromatic N) is 7. The minimum absolute atomic E-state index is 0.0154. The normalized spacial score (nSPS) is 20.7. The van der Waals surface area contributed by atoms with Gasteiger partial charge in [-0.3, -0.25) is 33.6 Å². The number of esters is 1. The number of aromatic nitrogens is 5. The highest BCUT2D eigenvalue weighted by atomic mass is 32.3. The van der Waals surface area contributed by atoms with E-state index in [1.54, 1.807) is 21.5 Å². The van der Waals surface area contributed by atoms with Gasteiger partial charge in [-0.05, 0) is 66.4 Å². The molecule has 3 amide bonds. The predicted octanol–water partition coefficient (Wildman–Crippen LogP) is 3.90. The van der Waals surface area contributed by atoms with Crippen molar-refractivity contribution in [2.24, 2.45) is 10.8 Å². The molecule has 5 atom stereocenters. The van der Waals surface area contributed by atoms with Gasteiger partial charge in [0.05, 0.1) is 55.0 Å². The molecular formula is C56H61N7O17S. The van der Waals surface area contributed by atoms with E-state index in [1.165, 1.54) is 60.5 Å². The number of benzene rings is 2. The SMILES string of the molecule is C=C[C@@]1(CC)C(=O)OCc2c1cc1n(c2=O)Cc2c-1nc1ccc(OS(=O)(=O)Oc3cc(C(=O)N(C)CC(C)(C)COCC(C)(C)Cn4cc(CN5C(=O)C=CC5=O)nn4)ccc3O[C@@H]3O[C@H](C(=O)O)[C@@H](O)[C@H](O)C3=C)cc1c2CC. The number of aliphatic hydroxyl groups excluding tert-OH is 2. The molecule has 1 saturated heterocycles. The first-order valence-corrected chi connectivity index (χ1v) is 27.2. The lowest BCUT2D eigenvalue weighted by Crippen LogP contribution is -2.54. The number of carboxylic acids is 1. The zero-order chi connectivity index (χ0) is 58.7. The second-order valence-electron chi connectivity index (χ2n) is 21.9. The van der Waals surface area contributed by atoms with Gasteiger partial charge in [0.25, 0.3) is 23.3 Å². The van der Waals surface area contributed by atoms with Gasteiger partial charge in [0.1, 0.15) is 35.7 Å². The molecule has 0 radical (unpaired) electrons. The molecule has 1 fully saturated rings. The van der Waals surface area contributed by atoms with Crippen molar-refractivity contribution in [2.45, 2.75) is 111 Å². The number of imide groups is 1. The Morgan fingerprint density at radius 3 is 2.36 bits per heavy atom. The molecule has 9 rings (SSSR count). The largest absolute Gasteiger partial charge is 0.501 e. The molecule has 0 unspecified atom stereocenters. The van der Waals surface area contributed by atoms with Gasteiger partial charge < -0.3 is 52.1 Å². The van der Waals surface area contributed by atoms with E-state index >= 15 is 0 Å². The van der Waals surface area contributed by atoms with Gasteiger partial charge in [0, 0.05) is 65.2 Å². The Labute approximate surface area is 465 Å². The van der Waals surface area contributed by atoms with Crippen LogP contribution in [0.3, 0.4) is 0 Å². The van der Waals surface area contributed by atoms with Gasteiger partial charge in [0.15, 0.2) is 17.6 Å². The van der Waals surface area contributed by atoms with Crippen molar-refractivity contribution in [3.05, 3.63) is 129 Å². The number of carbonyl (C=O) groups excluding carboxylic acids is 4. The number of aryl methyl sites for hydroxylation is 1. The summed E-state index contributed by atoms with van der Waals surface area (Å²) in [7, 11) is -3.61. The molecule has 5 aromatic rings. The number of carboxylic acid groups (broad SMARTS) is 1. The van der Waals surface area contributed by atoms with Gasteiger partial charge in [-0.15, -0.1) is 20.1 Å². The fraction of sp³-hybridized carbons (Fsp3) is 0.411. The van der Waals surface area contributed by atoms with Crippen molar-refractivity contribution in [3.8, 4) is 28.6 Å². The summed E-state index contributed by atoms with van der Waals surface area (Å²) in [6, 6.07) is 9.69. The van der Waals surface area contributed by atoms with E-state index in [2.05, 4.69) is 23.5 Å². The quantitative estimate of drug-likeness (QED) is 0.0523. The fourth-order valence-corrected chi connectivity index (χ4v) is 11.3. The third-order valence-corrected chi connectivity index (χ3v) is 15.4. The number of carbonyl (C=O) groups is 5. The molecule has 0 saturated carbocycles. The van der Waals surface area contributed by atoms with Crippen LogP contribution in [0.25, 0.3) is 22.3 Å². The smallest absolute Gasteiger partial charge is 0.479 e. The van der Waals surface area contributed by atoms with Gasteiger partial charge in [-0.25, -0.2) is 9.78 Å². The lowest BCUT2D eigenvalue weighted by molar-refractivity contribution is -0.204. The summed E-state index contributed by atoms with van der Waals surface area (Å²) in [5.41, 5.74) is 1.14. The van der Waals surface area contributed by atoms with Crippen LogP contribution in [-0.2, 0) is 81.9 Å². The van der Waals surface area contributed by atoms with E-state index < -0.39 is 92.4 Å². The number of amides is 3. The Morgan fingerprint density at radius 2 is 1.68 bits per heavy atom. The predicted molar refractivity (Wildman–Crippen MR) is 287 cm³/mol. The van der Waals surface area contributed by atoms with Crippen molar-refractivity contribution < 1.29 is 75.0 Å². The number of cyclic esters (lactones) is 1. The van der Waals surface area contributed by atoms with Crippen LogP contribution in [0.5, 0.6) is 17.2 Å². The number of aliphatic hydroxyl groups is 2. The van der Waals surface area contributed by atoms with Gasteiger partial charge in [-0.2, -0.15) is 0 Å². The maximum Gasteiger partial charge on any atom is 0.501 e. The molecule has 0 spiro atoms. The highest BCUT2D eigenvalue weighted by Crippen LogP contribution is 2.43. The number of rotatable bonds is 21. The molecule has 428 valence electrons. The first-order valence-electron chi connectivity index (χ1n) is 25.9. The van der Waals surface area contributed by atoms with Gasteiger partial charge >= 0.3 is 22.3 Å². The van der Waals surface area contributed by atoms with E-state index in [1.807, 2.05) is 41.5 Å². The Morgan fingerprint density at radius 1 is 0.963 bits per heavy atom. The summed E-state index contributed by atoms with van der Waals surface area (Å²) in [5.74, 6) is -4.82. The number of pyridine rings is 2. The zero-order valence-corrected chi connectivity index (χ0v) is 46.4. The van der Waals surface area contributed by atoms with Crippen LogP contribution in [-0.4, -0.2) is 139 Å². The van der Waals surface area contributed by atoms with Crippen molar-refractivity contribution >= 4 is 51.0 Å². The number of aliphatic carboxylic acids is 1. The number of fused-ring (bicyclic) bond motifs is 5. The molecule has 3 aromatic heterocycles. The van der Waals surface area contributed by atoms with Crippen molar-refractivity contribution in [1.82, 2.24) is 34.3 Å². The van der Waals surface area contributed by atoms with Crippen molar-refractivity contribution in [1.29, 1.82) is 0 Å². The molecule has 2 aromatic carbocycles. The third kappa shape index (κ3) is 11.2. The van der Waals surface area contributed by atoms with E-state index in [0.29, 0.717) is 64.1 Å². The summed E-state index contributed by atoms with van der Waals surface area (Å²) in [5, 5.41) is 39.6. The highest BCUT2D eigenvalue weighted by molar-refractivity contribution is 7.82. The maximum atomic E-state index is 14.2. The molecule has 3 N–H and O–H groups in total. The number of hydrogen-bond acceptors (Lipinski definition) is 19. The molecule has 81 heavy (non-hydrogen) atoms. The number of ether oxygens (including phenoxy) is 4. The molecule has 4 aliphatic rings. The van der Waals surface area contributed by atoms with Crippen LogP contribution < -0.4 is 18.7 Å². The molecule has 0 bridgehead atoms. The van der Waals surface area contributed by atoms with Gasteiger partial charge in [0.2, 0.25) is 6.29 Å².